The van der Waals surface area contributed by atoms with Gasteiger partial charge in [-0.15, -0.1) is 0 Å². The average Bonchev–Trinajstić information content (AvgIpc) is 2.93. The number of methoxy groups -OCH3 is 1. The van der Waals surface area contributed by atoms with Gasteiger partial charge in [-0.05, 0) is 62.6 Å². The Labute approximate surface area is 177 Å². The first kappa shape index (κ1) is 21.6. The molecular weight excluding hydrogens is 380 g/mol. The molecule has 0 bridgehead atoms. The highest BCUT2D eigenvalue weighted by atomic mass is 16.5. The van der Waals surface area contributed by atoms with Gasteiger partial charge in [0.1, 0.15) is 11.4 Å². The van der Waals surface area contributed by atoms with Crippen molar-refractivity contribution in [2.75, 3.05) is 25.6 Å². The van der Waals surface area contributed by atoms with Crippen molar-refractivity contribution in [1.29, 1.82) is 0 Å². The number of ether oxygens (including phenoxy) is 2. The van der Waals surface area contributed by atoms with Crippen molar-refractivity contribution in [3.63, 3.8) is 0 Å². The largest absolute Gasteiger partial charge is 0.491 e. The van der Waals surface area contributed by atoms with Gasteiger partial charge in [-0.3, -0.25) is 14.5 Å². The molecule has 1 N–H and O–H groups in total. The van der Waals surface area contributed by atoms with Gasteiger partial charge in [0, 0.05) is 12.8 Å². The van der Waals surface area contributed by atoms with E-state index in [0.29, 0.717) is 16.9 Å². The van der Waals surface area contributed by atoms with Crippen LogP contribution in [0.4, 0.5) is 5.69 Å². The summed E-state index contributed by atoms with van der Waals surface area (Å²) in [5.41, 5.74) is 4.23. The van der Waals surface area contributed by atoms with E-state index in [2.05, 4.69) is 5.32 Å². The number of hydrogen-bond acceptors (Lipinski definition) is 5. The summed E-state index contributed by atoms with van der Waals surface area (Å²) in [4.78, 5) is 27.5. The molecule has 0 aromatic heterocycles. The van der Waals surface area contributed by atoms with Crippen molar-refractivity contribution in [3.8, 4) is 5.75 Å². The second-order valence-electron chi connectivity index (χ2n) is 7.57. The second-order valence-corrected chi connectivity index (χ2v) is 7.57. The molecule has 0 saturated carbocycles. The van der Waals surface area contributed by atoms with Gasteiger partial charge in [0.2, 0.25) is 0 Å². The molecular formula is C24H28N2O4. The van der Waals surface area contributed by atoms with Crippen LogP contribution in [0.2, 0.25) is 0 Å². The van der Waals surface area contributed by atoms with Crippen LogP contribution in [0.25, 0.3) is 5.57 Å². The number of aryl methyl sites for hydroxylation is 1. The molecule has 0 fully saturated rings. The highest BCUT2D eigenvalue weighted by Crippen LogP contribution is 2.32. The number of imide groups is 1. The van der Waals surface area contributed by atoms with Crippen LogP contribution in [0, 0.1) is 13.8 Å². The summed E-state index contributed by atoms with van der Waals surface area (Å²) in [6.45, 7) is 8.38. The molecule has 1 aliphatic heterocycles. The first-order chi connectivity index (χ1) is 14.3. The predicted molar refractivity (Wildman–Crippen MR) is 117 cm³/mol. The van der Waals surface area contributed by atoms with Crippen LogP contribution in [0.3, 0.4) is 0 Å². The normalized spacial score (nSPS) is 14.1. The van der Waals surface area contributed by atoms with Crippen molar-refractivity contribution in [3.05, 3.63) is 64.9 Å². The number of carbonyl (C=O) groups is 2. The highest BCUT2D eigenvalue weighted by Gasteiger charge is 2.39. The third-order valence-electron chi connectivity index (χ3n) is 5.07. The quantitative estimate of drug-likeness (QED) is 0.671. The third-order valence-corrected chi connectivity index (χ3v) is 5.07. The zero-order valence-corrected chi connectivity index (χ0v) is 18.1. The van der Waals surface area contributed by atoms with Crippen molar-refractivity contribution >= 4 is 23.1 Å². The van der Waals surface area contributed by atoms with E-state index in [4.69, 9.17) is 9.47 Å². The van der Waals surface area contributed by atoms with Gasteiger partial charge < -0.3 is 14.8 Å². The number of amides is 2. The van der Waals surface area contributed by atoms with E-state index in [9.17, 15) is 9.59 Å². The lowest BCUT2D eigenvalue weighted by molar-refractivity contribution is -0.137. The number of nitrogens with zero attached hydrogens (tertiary/aromatic N) is 1. The average molecular weight is 408 g/mol. The molecule has 0 atom stereocenters. The van der Waals surface area contributed by atoms with Crippen LogP contribution in [0.5, 0.6) is 5.75 Å². The van der Waals surface area contributed by atoms with Crippen molar-refractivity contribution in [1.82, 2.24) is 4.90 Å². The molecule has 0 spiro atoms. The first-order valence-electron chi connectivity index (χ1n) is 10.0. The topological polar surface area (TPSA) is 67.9 Å². The number of carbonyl (C=O) groups excluding carboxylic acids is 2. The van der Waals surface area contributed by atoms with Gasteiger partial charge in [0.05, 0.1) is 24.8 Å². The molecule has 3 rings (SSSR count). The van der Waals surface area contributed by atoms with Crippen molar-refractivity contribution in [2.24, 2.45) is 0 Å². The number of nitrogens with one attached hydrogen (secondary N) is 1. The Morgan fingerprint density at radius 3 is 2.33 bits per heavy atom. The summed E-state index contributed by atoms with van der Waals surface area (Å²) in [5.74, 6) is 0.0317. The molecule has 1 aliphatic rings. The van der Waals surface area contributed by atoms with E-state index in [1.165, 1.54) is 4.90 Å². The molecule has 30 heavy (non-hydrogen) atoms. The monoisotopic (exact) mass is 408 g/mol. The Kier molecular flexibility index (Phi) is 6.57. The fourth-order valence-electron chi connectivity index (χ4n) is 3.34. The maximum atomic E-state index is 13.2. The zero-order valence-electron chi connectivity index (χ0n) is 18.1. The molecule has 2 aromatic carbocycles. The molecule has 2 aromatic rings. The maximum absolute atomic E-state index is 13.2. The Morgan fingerprint density at radius 2 is 1.70 bits per heavy atom. The SMILES string of the molecule is COCCN1C(=O)C(Nc2cccc(C)c2C)=C(c2ccc(OC(C)C)cc2)C1=O. The smallest absolute Gasteiger partial charge is 0.278 e. The maximum Gasteiger partial charge on any atom is 0.278 e. The number of rotatable bonds is 8. The number of benzene rings is 2. The van der Waals surface area contributed by atoms with E-state index >= 15 is 0 Å². The van der Waals surface area contributed by atoms with Gasteiger partial charge in [-0.1, -0.05) is 24.3 Å². The minimum Gasteiger partial charge on any atom is -0.491 e. The minimum atomic E-state index is -0.351. The fourth-order valence-corrected chi connectivity index (χ4v) is 3.34. The van der Waals surface area contributed by atoms with Crippen LogP contribution in [0.15, 0.2) is 48.2 Å². The first-order valence-corrected chi connectivity index (χ1v) is 10.0. The summed E-state index contributed by atoms with van der Waals surface area (Å²) in [6, 6.07) is 13.1. The van der Waals surface area contributed by atoms with Gasteiger partial charge in [0.25, 0.3) is 11.8 Å². The Balaban J connectivity index is 2.03. The number of hydrogen-bond donors (Lipinski definition) is 1. The fraction of sp³-hybridized carbons (Fsp3) is 0.333. The van der Waals surface area contributed by atoms with Crippen molar-refractivity contribution in [2.45, 2.75) is 33.8 Å². The molecule has 6 nitrogen and oxygen atoms in total. The molecule has 0 radical (unpaired) electrons. The van der Waals surface area contributed by atoms with E-state index in [0.717, 1.165) is 16.8 Å². The van der Waals surface area contributed by atoms with Crippen LogP contribution in [-0.2, 0) is 14.3 Å². The van der Waals surface area contributed by atoms with E-state index in [1.807, 2.05) is 70.2 Å². The van der Waals surface area contributed by atoms with Crippen LogP contribution in [0.1, 0.15) is 30.5 Å². The summed E-state index contributed by atoms with van der Waals surface area (Å²) in [5, 5.41) is 3.23. The van der Waals surface area contributed by atoms with E-state index in [-0.39, 0.29) is 36.8 Å². The van der Waals surface area contributed by atoms with Gasteiger partial charge >= 0.3 is 0 Å². The lowest BCUT2D eigenvalue weighted by Crippen LogP contribution is -2.35. The molecule has 6 heteroatoms. The number of anilines is 1. The minimum absolute atomic E-state index is 0.0517. The Bertz CT molecular complexity index is 977. The summed E-state index contributed by atoms with van der Waals surface area (Å²) < 4.78 is 10.8. The summed E-state index contributed by atoms with van der Waals surface area (Å²) >= 11 is 0. The van der Waals surface area contributed by atoms with Crippen LogP contribution in [-0.4, -0.2) is 43.1 Å². The van der Waals surface area contributed by atoms with E-state index in [1.54, 1.807) is 7.11 Å². The lowest BCUT2D eigenvalue weighted by atomic mass is 10.0. The van der Waals surface area contributed by atoms with Gasteiger partial charge in [0.15, 0.2) is 0 Å². The third kappa shape index (κ3) is 4.39. The molecule has 0 aliphatic carbocycles. The molecule has 1 heterocycles. The second kappa shape index (κ2) is 9.13. The highest BCUT2D eigenvalue weighted by molar-refractivity contribution is 6.36. The molecule has 0 saturated heterocycles. The lowest BCUT2D eigenvalue weighted by Gasteiger charge is -2.15. The molecule has 0 unspecified atom stereocenters. The molecule has 158 valence electrons. The summed E-state index contributed by atoms with van der Waals surface area (Å²) in [6.07, 6.45) is 0.0517. The van der Waals surface area contributed by atoms with Gasteiger partial charge in [-0.25, -0.2) is 0 Å². The predicted octanol–water partition coefficient (Wildman–Crippen LogP) is 3.93. The van der Waals surface area contributed by atoms with E-state index < -0.39 is 0 Å². The summed E-state index contributed by atoms with van der Waals surface area (Å²) in [7, 11) is 1.54. The standard InChI is InChI=1S/C24H28N2O4/c1-15(2)30-19-11-9-18(10-12-19)21-22(24(28)26(23(21)27)13-14-29-5)25-20-8-6-7-16(3)17(20)4/h6-12,15,25H,13-14H2,1-5H3. The van der Waals surface area contributed by atoms with Crippen LogP contribution >= 0.6 is 0 Å². The van der Waals surface area contributed by atoms with Crippen molar-refractivity contribution < 1.29 is 19.1 Å². The van der Waals surface area contributed by atoms with Crippen LogP contribution < -0.4 is 10.1 Å². The van der Waals surface area contributed by atoms with Gasteiger partial charge in [-0.2, -0.15) is 0 Å². The Hall–Kier alpha value is -3.12. The molecule has 2 amide bonds. The zero-order chi connectivity index (χ0) is 21.8. The Morgan fingerprint density at radius 1 is 1.00 bits per heavy atom.